The summed E-state index contributed by atoms with van der Waals surface area (Å²) in [5.41, 5.74) is 3.67. The molecule has 0 spiro atoms. The lowest BCUT2D eigenvalue weighted by Gasteiger charge is -2.23. The summed E-state index contributed by atoms with van der Waals surface area (Å²) in [7, 11) is -1.21. The Kier molecular flexibility index (Phi) is 6.66. The predicted molar refractivity (Wildman–Crippen MR) is 142 cm³/mol. The van der Waals surface area contributed by atoms with Crippen LogP contribution in [0.25, 0.3) is 33.7 Å². The number of anilines is 1. The molecule has 0 atom stereocenters. The minimum absolute atomic E-state index is 0.309. The van der Waals surface area contributed by atoms with E-state index in [0.717, 1.165) is 60.2 Å². The molecule has 0 N–H and O–H groups in total. The van der Waals surface area contributed by atoms with E-state index in [4.69, 9.17) is 14.7 Å². The van der Waals surface area contributed by atoms with Gasteiger partial charge in [-0.3, -0.25) is 9.55 Å². The first kappa shape index (κ1) is 23.6. The van der Waals surface area contributed by atoms with E-state index in [1.807, 2.05) is 24.3 Å². The Balaban J connectivity index is 1.68. The third-order valence-corrected chi connectivity index (χ3v) is 8.15. The number of hydrogen-bond donors (Lipinski definition) is 0. The van der Waals surface area contributed by atoms with Gasteiger partial charge in [-0.1, -0.05) is 31.8 Å². The van der Waals surface area contributed by atoms with Crippen molar-refractivity contribution < 1.29 is 9.13 Å². The van der Waals surface area contributed by atoms with Crippen molar-refractivity contribution in [3.05, 3.63) is 60.7 Å². The van der Waals surface area contributed by atoms with Crippen LogP contribution < -0.4 is 4.90 Å². The normalized spacial score (nSPS) is 14.2. The van der Waals surface area contributed by atoms with E-state index in [0.29, 0.717) is 24.6 Å². The fraction of sp³-hybridized carbons (Fsp3) is 0.370. The number of para-hydroxylation sites is 2. The summed E-state index contributed by atoms with van der Waals surface area (Å²) in [5, 5.41) is 0. The molecule has 35 heavy (non-hydrogen) atoms. The van der Waals surface area contributed by atoms with Crippen LogP contribution >= 0.6 is 0 Å². The summed E-state index contributed by atoms with van der Waals surface area (Å²) in [6.45, 7) is 9.95. The van der Waals surface area contributed by atoms with Gasteiger partial charge in [0.15, 0.2) is 0 Å². The first-order chi connectivity index (χ1) is 16.9. The van der Waals surface area contributed by atoms with Crippen molar-refractivity contribution in [2.75, 3.05) is 24.6 Å². The van der Waals surface area contributed by atoms with E-state index in [1.165, 1.54) is 6.07 Å². The van der Waals surface area contributed by atoms with Crippen molar-refractivity contribution in [2.45, 2.75) is 45.3 Å². The number of halogens is 1. The highest BCUT2D eigenvalue weighted by Gasteiger charge is 2.27. The topological polar surface area (TPSA) is 56.1 Å². The highest BCUT2D eigenvalue weighted by atomic mass is 28.3. The zero-order valence-electron chi connectivity index (χ0n) is 20.7. The zero-order valence-corrected chi connectivity index (χ0v) is 21.7. The van der Waals surface area contributed by atoms with Gasteiger partial charge < -0.3 is 9.64 Å². The van der Waals surface area contributed by atoms with E-state index >= 15 is 4.39 Å². The molecular weight excluding hydrogens is 457 g/mol. The lowest BCUT2D eigenvalue weighted by molar-refractivity contribution is 0.0909. The quantitative estimate of drug-likeness (QED) is 0.217. The molecule has 0 amide bonds. The van der Waals surface area contributed by atoms with E-state index < -0.39 is 8.07 Å². The van der Waals surface area contributed by atoms with Crippen molar-refractivity contribution in [3.8, 4) is 22.6 Å². The van der Waals surface area contributed by atoms with Crippen LogP contribution in [-0.2, 0) is 11.5 Å². The van der Waals surface area contributed by atoms with Crippen LogP contribution in [0, 0.1) is 5.82 Å². The largest absolute Gasteiger partial charge is 0.361 e. The number of benzene rings is 1. The number of imidazole rings is 1. The monoisotopic (exact) mass is 489 g/mol. The molecule has 0 aliphatic carbocycles. The maximum Gasteiger partial charge on any atom is 0.149 e. The molecule has 0 saturated carbocycles. The first-order valence-electron chi connectivity index (χ1n) is 12.3. The SMILES string of the molecule is C[Si](C)(C)CCOCn1c(-c2c(-c3ncccc3F)ccnc2N2CCCC2)nc2ccccc21. The molecule has 0 unspecified atom stereocenters. The highest BCUT2D eigenvalue weighted by Crippen LogP contribution is 2.40. The first-order valence-corrected chi connectivity index (χ1v) is 16.0. The van der Waals surface area contributed by atoms with Crippen LogP contribution in [-0.4, -0.2) is 47.3 Å². The fourth-order valence-corrected chi connectivity index (χ4v) is 5.31. The second-order valence-electron chi connectivity index (χ2n) is 10.3. The second-order valence-corrected chi connectivity index (χ2v) is 15.9. The van der Waals surface area contributed by atoms with Crippen LogP contribution in [0.5, 0.6) is 0 Å². The Morgan fingerprint density at radius 3 is 2.54 bits per heavy atom. The summed E-state index contributed by atoms with van der Waals surface area (Å²) in [4.78, 5) is 16.5. The number of hydrogen-bond acceptors (Lipinski definition) is 5. The summed E-state index contributed by atoms with van der Waals surface area (Å²) < 4.78 is 23.3. The van der Waals surface area contributed by atoms with Crippen LogP contribution in [0.15, 0.2) is 54.9 Å². The van der Waals surface area contributed by atoms with Gasteiger partial charge in [-0.2, -0.15) is 0 Å². The number of ether oxygens (including phenoxy) is 1. The van der Waals surface area contributed by atoms with Gasteiger partial charge in [-0.15, -0.1) is 0 Å². The van der Waals surface area contributed by atoms with Crippen molar-refractivity contribution in [1.82, 2.24) is 19.5 Å². The number of nitrogens with zero attached hydrogens (tertiary/aromatic N) is 5. The van der Waals surface area contributed by atoms with Crippen LogP contribution in [0.4, 0.5) is 10.2 Å². The number of aromatic nitrogens is 4. The smallest absolute Gasteiger partial charge is 0.149 e. The predicted octanol–water partition coefficient (Wildman–Crippen LogP) is 6.21. The lowest BCUT2D eigenvalue weighted by atomic mass is 10.0. The molecule has 1 fully saturated rings. The molecule has 0 radical (unpaired) electrons. The maximum atomic E-state index is 15.0. The van der Waals surface area contributed by atoms with Gasteiger partial charge in [0.1, 0.15) is 29.9 Å². The Morgan fingerprint density at radius 1 is 0.971 bits per heavy atom. The van der Waals surface area contributed by atoms with E-state index in [9.17, 15) is 0 Å². The Bertz CT molecular complexity index is 1330. The summed E-state index contributed by atoms with van der Waals surface area (Å²) in [6, 6.07) is 14.1. The number of fused-ring (bicyclic) bond motifs is 1. The van der Waals surface area contributed by atoms with Gasteiger partial charge in [0.2, 0.25) is 0 Å². The van der Waals surface area contributed by atoms with Crippen LogP contribution in [0.1, 0.15) is 12.8 Å². The van der Waals surface area contributed by atoms with Gasteiger partial charge >= 0.3 is 0 Å². The Morgan fingerprint density at radius 2 is 1.77 bits per heavy atom. The molecule has 1 saturated heterocycles. The Labute approximate surface area is 206 Å². The van der Waals surface area contributed by atoms with Crippen molar-refractivity contribution in [2.24, 2.45) is 0 Å². The highest BCUT2D eigenvalue weighted by molar-refractivity contribution is 6.76. The van der Waals surface area contributed by atoms with E-state index in [2.05, 4.69) is 40.2 Å². The third kappa shape index (κ3) is 4.99. The van der Waals surface area contributed by atoms with Crippen molar-refractivity contribution in [1.29, 1.82) is 0 Å². The van der Waals surface area contributed by atoms with Gasteiger partial charge in [0.25, 0.3) is 0 Å². The van der Waals surface area contributed by atoms with E-state index in [1.54, 1.807) is 18.5 Å². The molecule has 4 heterocycles. The van der Waals surface area contributed by atoms with Gasteiger partial charge in [0, 0.05) is 45.7 Å². The maximum absolute atomic E-state index is 15.0. The lowest BCUT2D eigenvalue weighted by Crippen LogP contribution is -2.22. The van der Waals surface area contributed by atoms with Gasteiger partial charge in [0.05, 0.1) is 16.6 Å². The molecule has 3 aromatic heterocycles. The number of rotatable bonds is 8. The average Bonchev–Trinajstić information content (AvgIpc) is 3.49. The minimum Gasteiger partial charge on any atom is -0.361 e. The van der Waals surface area contributed by atoms with Crippen LogP contribution in [0.2, 0.25) is 25.7 Å². The molecule has 1 aliphatic heterocycles. The third-order valence-electron chi connectivity index (χ3n) is 6.45. The molecular formula is C27H32FN5OSi. The average molecular weight is 490 g/mol. The zero-order chi connectivity index (χ0) is 24.4. The standard InChI is InChI=1S/C27H32FN5OSi/c1-35(2,3)18-17-34-19-33-23-11-5-4-10-22(23)31-27(33)24-20(25-21(28)9-8-13-29-25)12-14-30-26(24)32-15-6-7-16-32/h4-5,8-14H,6-7,15-19H2,1-3H3. The minimum atomic E-state index is -1.21. The molecule has 1 aromatic carbocycles. The molecule has 4 aromatic rings. The van der Waals surface area contributed by atoms with Crippen molar-refractivity contribution in [3.63, 3.8) is 0 Å². The molecule has 8 heteroatoms. The second kappa shape index (κ2) is 9.87. The summed E-state index contributed by atoms with van der Waals surface area (Å²) in [5.74, 6) is 1.19. The van der Waals surface area contributed by atoms with Crippen molar-refractivity contribution >= 4 is 24.9 Å². The van der Waals surface area contributed by atoms with Crippen LogP contribution in [0.3, 0.4) is 0 Å². The number of pyridine rings is 2. The molecule has 1 aliphatic rings. The fourth-order valence-electron chi connectivity index (χ4n) is 4.55. The summed E-state index contributed by atoms with van der Waals surface area (Å²) in [6.07, 6.45) is 5.59. The molecule has 0 bridgehead atoms. The van der Waals surface area contributed by atoms with E-state index in [-0.39, 0.29) is 5.82 Å². The Hall–Kier alpha value is -3.10. The molecule has 6 nitrogen and oxygen atoms in total. The van der Waals surface area contributed by atoms with Gasteiger partial charge in [-0.25, -0.2) is 14.4 Å². The molecule has 182 valence electrons. The molecule has 5 rings (SSSR count). The van der Waals surface area contributed by atoms with Gasteiger partial charge in [-0.05, 0) is 49.2 Å². The summed E-state index contributed by atoms with van der Waals surface area (Å²) >= 11 is 0.